The van der Waals surface area contributed by atoms with Crippen LogP contribution in [0, 0.1) is 5.92 Å². The molecule has 1 N–H and O–H groups in total. The van der Waals surface area contributed by atoms with Gasteiger partial charge in [0.05, 0.1) is 12.3 Å². The summed E-state index contributed by atoms with van der Waals surface area (Å²) in [5, 5.41) is 13.3. The summed E-state index contributed by atoms with van der Waals surface area (Å²) in [7, 11) is 0. The summed E-state index contributed by atoms with van der Waals surface area (Å²) < 4.78 is 0. The lowest BCUT2D eigenvalue weighted by atomic mass is 9.84. The second-order valence-corrected chi connectivity index (χ2v) is 6.77. The van der Waals surface area contributed by atoms with Gasteiger partial charge in [-0.1, -0.05) is 30.3 Å². The van der Waals surface area contributed by atoms with Gasteiger partial charge in [-0.05, 0) is 34.4 Å². The standard InChI is InChI=1S/C18H19NO3S/c20-17(8-13-6-7-23-12-13)19-10-15(9-16(11-19)18(21)22)14-4-2-1-3-5-14/h1-7,12,15-16H,8-11H2,(H,21,22). The number of rotatable bonds is 4. The number of hydrogen-bond donors (Lipinski definition) is 1. The lowest BCUT2D eigenvalue weighted by Crippen LogP contribution is -2.46. The highest BCUT2D eigenvalue weighted by Gasteiger charge is 2.34. The number of thiophene rings is 1. The van der Waals surface area contributed by atoms with Crippen LogP contribution in [0.15, 0.2) is 47.2 Å². The van der Waals surface area contributed by atoms with Gasteiger partial charge in [-0.3, -0.25) is 9.59 Å². The average molecular weight is 329 g/mol. The third kappa shape index (κ3) is 3.79. The lowest BCUT2D eigenvalue weighted by molar-refractivity contribution is -0.146. The van der Waals surface area contributed by atoms with E-state index in [-0.39, 0.29) is 11.8 Å². The first kappa shape index (κ1) is 15.7. The fourth-order valence-electron chi connectivity index (χ4n) is 3.13. The Labute approximate surface area is 139 Å². The molecule has 0 spiro atoms. The molecule has 0 bridgehead atoms. The van der Waals surface area contributed by atoms with E-state index in [2.05, 4.69) is 0 Å². The van der Waals surface area contributed by atoms with Gasteiger partial charge < -0.3 is 10.0 Å². The van der Waals surface area contributed by atoms with Crippen molar-refractivity contribution in [1.29, 1.82) is 0 Å². The van der Waals surface area contributed by atoms with Crippen molar-refractivity contribution in [3.63, 3.8) is 0 Å². The van der Waals surface area contributed by atoms with Crippen molar-refractivity contribution in [2.45, 2.75) is 18.8 Å². The molecule has 3 rings (SSSR count). The van der Waals surface area contributed by atoms with Crippen molar-refractivity contribution in [1.82, 2.24) is 4.90 Å². The van der Waals surface area contributed by atoms with Gasteiger partial charge in [-0.15, -0.1) is 0 Å². The fraction of sp³-hybridized carbons (Fsp3) is 0.333. The molecule has 2 unspecified atom stereocenters. The molecule has 0 aliphatic carbocycles. The first-order valence-corrected chi connectivity index (χ1v) is 8.64. The first-order chi connectivity index (χ1) is 11.1. The van der Waals surface area contributed by atoms with E-state index in [4.69, 9.17) is 0 Å². The van der Waals surface area contributed by atoms with Crippen molar-refractivity contribution >= 4 is 23.2 Å². The lowest BCUT2D eigenvalue weighted by Gasteiger charge is -2.36. The highest BCUT2D eigenvalue weighted by atomic mass is 32.1. The Morgan fingerprint density at radius 2 is 1.96 bits per heavy atom. The molecule has 2 heterocycles. The number of carboxylic acids is 1. The van der Waals surface area contributed by atoms with Gasteiger partial charge in [0.2, 0.25) is 5.91 Å². The van der Waals surface area contributed by atoms with Crippen molar-refractivity contribution in [2.24, 2.45) is 5.92 Å². The molecule has 2 atom stereocenters. The maximum absolute atomic E-state index is 12.5. The van der Waals surface area contributed by atoms with Gasteiger partial charge in [0.15, 0.2) is 0 Å². The van der Waals surface area contributed by atoms with Crippen LogP contribution in [0.3, 0.4) is 0 Å². The van der Waals surface area contributed by atoms with Crippen LogP contribution in [0.1, 0.15) is 23.5 Å². The number of nitrogens with zero attached hydrogens (tertiary/aromatic N) is 1. The monoisotopic (exact) mass is 329 g/mol. The predicted molar refractivity (Wildman–Crippen MR) is 89.5 cm³/mol. The molecule has 1 aliphatic rings. The van der Waals surface area contributed by atoms with E-state index in [0.717, 1.165) is 11.1 Å². The molecule has 5 heteroatoms. The van der Waals surface area contributed by atoms with Crippen molar-refractivity contribution in [2.75, 3.05) is 13.1 Å². The molecule has 1 saturated heterocycles. The summed E-state index contributed by atoms with van der Waals surface area (Å²) in [6, 6.07) is 11.8. The third-order valence-electron chi connectivity index (χ3n) is 4.36. The van der Waals surface area contributed by atoms with E-state index < -0.39 is 11.9 Å². The summed E-state index contributed by atoms with van der Waals surface area (Å²) in [5.41, 5.74) is 2.10. The molecule has 1 aromatic heterocycles. The molecule has 0 radical (unpaired) electrons. The van der Waals surface area contributed by atoms with Crippen molar-refractivity contribution in [3.05, 3.63) is 58.3 Å². The smallest absolute Gasteiger partial charge is 0.308 e. The van der Waals surface area contributed by atoms with Crippen LogP contribution in [0.2, 0.25) is 0 Å². The number of hydrogen-bond acceptors (Lipinski definition) is 3. The van der Waals surface area contributed by atoms with Crippen LogP contribution in [-0.4, -0.2) is 35.0 Å². The molecular formula is C18H19NO3S. The van der Waals surface area contributed by atoms with Crippen LogP contribution in [0.4, 0.5) is 0 Å². The number of amides is 1. The van der Waals surface area contributed by atoms with E-state index in [0.29, 0.717) is 25.9 Å². The maximum atomic E-state index is 12.5. The molecule has 23 heavy (non-hydrogen) atoms. The second-order valence-electron chi connectivity index (χ2n) is 5.99. The molecule has 0 saturated carbocycles. The second kappa shape index (κ2) is 6.96. The number of likely N-dealkylation sites (tertiary alicyclic amines) is 1. The zero-order chi connectivity index (χ0) is 16.2. The Morgan fingerprint density at radius 3 is 2.61 bits per heavy atom. The molecule has 1 aliphatic heterocycles. The normalized spacial score (nSPS) is 21.1. The van der Waals surface area contributed by atoms with Crippen LogP contribution in [-0.2, 0) is 16.0 Å². The summed E-state index contributed by atoms with van der Waals surface area (Å²) in [4.78, 5) is 25.7. The zero-order valence-corrected chi connectivity index (χ0v) is 13.5. The Hall–Kier alpha value is -2.14. The molecule has 1 fully saturated rings. The topological polar surface area (TPSA) is 57.6 Å². The summed E-state index contributed by atoms with van der Waals surface area (Å²) in [5.74, 6) is -1.23. The van der Waals surface area contributed by atoms with Gasteiger partial charge in [0, 0.05) is 19.0 Å². The third-order valence-corrected chi connectivity index (χ3v) is 5.09. The highest BCUT2D eigenvalue weighted by molar-refractivity contribution is 7.08. The molecular weight excluding hydrogens is 310 g/mol. The molecule has 120 valence electrons. The van der Waals surface area contributed by atoms with E-state index in [9.17, 15) is 14.7 Å². The highest BCUT2D eigenvalue weighted by Crippen LogP contribution is 2.30. The fourth-order valence-corrected chi connectivity index (χ4v) is 3.80. The number of piperidine rings is 1. The molecule has 1 aromatic carbocycles. The Morgan fingerprint density at radius 1 is 1.17 bits per heavy atom. The summed E-state index contributed by atoms with van der Waals surface area (Å²) in [6.07, 6.45) is 0.929. The predicted octanol–water partition coefficient (Wildman–Crippen LogP) is 3.01. The molecule has 1 amide bonds. The zero-order valence-electron chi connectivity index (χ0n) is 12.7. The van der Waals surface area contributed by atoms with Gasteiger partial charge in [-0.25, -0.2) is 0 Å². The molecule has 4 nitrogen and oxygen atoms in total. The van der Waals surface area contributed by atoms with Gasteiger partial charge in [-0.2, -0.15) is 11.3 Å². The minimum Gasteiger partial charge on any atom is -0.481 e. The largest absolute Gasteiger partial charge is 0.481 e. The van der Waals surface area contributed by atoms with Crippen molar-refractivity contribution < 1.29 is 14.7 Å². The van der Waals surface area contributed by atoms with E-state index in [1.54, 1.807) is 16.2 Å². The van der Waals surface area contributed by atoms with Gasteiger partial charge in [0.1, 0.15) is 0 Å². The Balaban J connectivity index is 1.76. The van der Waals surface area contributed by atoms with Crippen LogP contribution in [0.5, 0.6) is 0 Å². The van der Waals surface area contributed by atoms with E-state index in [1.165, 1.54) is 0 Å². The number of benzene rings is 1. The minimum atomic E-state index is -0.820. The van der Waals surface area contributed by atoms with Crippen LogP contribution < -0.4 is 0 Å². The SMILES string of the molecule is O=C(O)C1CC(c2ccccc2)CN(C(=O)Cc2ccsc2)C1. The van der Waals surface area contributed by atoms with Crippen LogP contribution in [0.25, 0.3) is 0 Å². The van der Waals surface area contributed by atoms with Crippen molar-refractivity contribution in [3.8, 4) is 0 Å². The number of carbonyl (C=O) groups is 2. The van der Waals surface area contributed by atoms with Gasteiger partial charge >= 0.3 is 5.97 Å². The Bertz CT molecular complexity index is 669. The maximum Gasteiger partial charge on any atom is 0.308 e. The number of carboxylic acid groups (broad SMARTS) is 1. The Kier molecular flexibility index (Phi) is 4.76. The minimum absolute atomic E-state index is 0.00952. The first-order valence-electron chi connectivity index (χ1n) is 7.70. The van der Waals surface area contributed by atoms with Gasteiger partial charge in [0.25, 0.3) is 0 Å². The van der Waals surface area contributed by atoms with E-state index >= 15 is 0 Å². The van der Waals surface area contributed by atoms with Crippen LogP contribution >= 0.6 is 11.3 Å². The summed E-state index contributed by atoms with van der Waals surface area (Å²) >= 11 is 1.57. The number of carbonyl (C=O) groups excluding carboxylic acids is 1. The number of aliphatic carboxylic acids is 1. The summed E-state index contributed by atoms with van der Waals surface area (Å²) in [6.45, 7) is 0.901. The van der Waals surface area contributed by atoms with E-state index in [1.807, 2.05) is 47.2 Å². The average Bonchev–Trinajstić information content (AvgIpc) is 3.08. The molecule has 2 aromatic rings. The quantitative estimate of drug-likeness (QED) is 0.938.